The number of benzene rings is 2. The van der Waals surface area contributed by atoms with E-state index in [1.54, 1.807) is 24.3 Å². The fourth-order valence-corrected chi connectivity index (χ4v) is 2.47. The minimum absolute atomic E-state index is 0.392. The van der Waals surface area contributed by atoms with Crippen molar-refractivity contribution in [3.8, 4) is 5.75 Å². The Bertz CT molecular complexity index is 930. The summed E-state index contributed by atoms with van der Waals surface area (Å²) in [6.07, 6.45) is 1.46. The van der Waals surface area contributed by atoms with Gasteiger partial charge < -0.3 is 20.1 Å². The second kappa shape index (κ2) is 8.66. The van der Waals surface area contributed by atoms with Gasteiger partial charge in [0, 0.05) is 11.8 Å². The molecule has 0 atom stereocenters. The molecule has 0 unspecified atom stereocenters. The lowest BCUT2D eigenvalue weighted by atomic mass is 10.2. The average molecular weight is 364 g/mol. The third-order valence-corrected chi connectivity index (χ3v) is 3.67. The van der Waals surface area contributed by atoms with Crippen LogP contribution in [-0.4, -0.2) is 29.7 Å². The number of aromatic nitrogens is 2. The van der Waals surface area contributed by atoms with Crippen molar-refractivity contribution in [3.05, 3.63) is 66.5 Å². The lowest BCUT2D eigenvalue weighted by Gasteiger charge is -2.12. The summed E-state index contributed by atoms with van der Waals surface area (Å²) in [4.78, 5) is 20.1. The van der Waals surface area contributed by atoms with Crippen LogP contribution in [0.15, 0.2) is 60.9 Å². The van der Waals surface area contributed by atoms with Gasteiger partial charge in [0.25, 0.3) is 0 Å². The highest BCUT2D eigenvalue weighted by Crippen LogP contribution is 2.27. The molecule has 3 rings (SSSR count). The van der Waals surface area contributed by atoms with Gasteiger partial charge in [-0.15, -0.1) is 0 Å². The number of hydrogen-bond donors (Lipinski definition) is 2. The minimum Gasteiger partial charge on any atom is -0.492 e. The average Bonchev–Trinajstić information content (AvgIpc) is 2.69. The number of ether oxygens (including phenoxy) is 2. The van der Waals surface area contributed by atoms with E-state index in [1.807, 2.05) is 37.3 Å². The molecule has 0 aliphatic heterocycles. The number of para-hydroxylation sites is 2. The molecule has 2 N–H and O–H groups in total. The molecule has 0 aliphatic carbocycles. The summed E-state index contributed by atoms with van der Waals surface area (Å²) >= 11 is 0. The van der Waals surface area contributed by atoms with Crippen LogP contribution < -0.4 is 15.4 Å². The molecule has 0 bridgehead atoms. The van der Waals surface area contributed by atoms with E-state index in [1.165, 1.54) is 13.4 Å². The van der Waals surface area contributed by atoms with Crippen molar-refractivity contribution in [2.45, 2.75) is 6.92 Å². The maximum absolute atomic E-state index is 11.7. The summed E-state index contributed by atoms with van der Waals surface area (Å²) in [7, 11) is 1.35. The quantitative estimate of drug-likeness (QED) is 0.609. The normalized spacial score (nSPS) is 10.1. The lowest BCUT2D eigenvalue weighted by Crippen LogP contribution is -2.03. The number of nitrogens with zero attached hydrogens (tertiary/aromatic N) is 2. The number of nitrogens with one attached hydrogen (secondary N) is 2. The second-order valence-electron chi connectivity index (χ2n) is 5.54. The fraction of sp³-hybridized carbons (Fsp3) is 0.150. The minimum atomic E-state index is -0.392. The molecule has 0 saturated heterocycles. The number of rotatable bonds is 7. The van der Waals surface area contributed by atoms with Crippen LogP contribution in [0.25, 0.3) is 0 Å². The van der Waals surface area contributed by atoms with Gasteiger partial charge in [-0.1, -0.05) is 18.2 Å². The van der Waals surface area contributed by atoms with E-state index in [0.717, 1.165) is 17.1 Å². The van der Waals surface area contributed by atoms with Crippen molar-refractivity contribution in [3.63, 3.8) is 0 Å². The Morgan fingerprint density at radius 2 is 1.78 bits per heavy atom. The van der Waals surface area contributed by atoms with Gasteiger partial charge >= 0.3 is 5.97 Å². The maximum atomic E-state index is 11.7. The van der Waals surface area contributed by atoms with E-state index in [0.29, 0.717) is 23.8 Å². The first-order chi connectivity index (χ1) is 13.2. The Hall–Kier alpha value is -3.61. The zero-order chi connectivity index (χ0) is 19.1. The zero-order valence-electron chi connectivity index (χ0n) is 15.1. The molecule has 0 saturated carbocycles. The lowest BCUT2D eigenvalue weighted by molar-refractivity contribution is 0.0601. The number of carbonyl (C=O) groups is 1. The predicted octanol–water partition coefficient (Wildman–Crippen LogP) is 4.15. The summed E-state index contributed by atoms with van der Waals surface area (Å²) in [5, 5.41) is 6.39. The Labute approximate surface area is 157 Å². The van der Waals surface area contributed by atoms with Gasteiger partial charge in [0.2, 0.25) is 0 Å². The highest BCUT2D eigenvalue weighted by atomic mass is 16.5. The Morgan fingerprint density at radius 1 is 1.00 bits per heavy atom. The number of esters is 1. The predicted molar refractivity (Wildman–Crippen MR) is 104 cm³/mol. The molecule has 0 aliphatic rings. The van der Waals surface area contributed by atoms with Gasteiger partial charge in [0.1, 0.15) is 23.7 Å². The summed E-state index contributed by atoms with van der Waals surface area (Å²) in [5.41, 5.74) is 1.99. The van der Waals surface area contributed by atoms with Crippen LogP contribution in [0.4, 0.5) is 23.0 Å². The number of hydrogen-bond acceptors (Lipinski definition) is 7. The monoisotopic (exact) mass is 364 g/mol. The SMILES string of the molecule is CCOc1ccccc1Nc1cc(Nc2cccc(C(=O)OC)c2)ncn1. The van der Waals surface area contributed by atoms with Gasteiger partial charge in [0.05, 0.1) is 25.0 Å². The Balaban J connectivity index is 1.78. The summed E-state index contributed by atoms with van der Waals surface area (Å²) in [6.45, 7) is 2.51. The highest BCUT2D eigenvalue weighted by molar-refractivity contribution is 5.90. The second-order valence-corrected chi connectivity index (χ2v) is 5.54. The van der Waals surface area contributed by atoms with Crippen molar-refractivity contribution in [1.82, 2.24) is 9.97 Å². The van der Waals surface area contributed by atoms with Crippen LogP contribution in [0.3, 0.4) is 0 Å². The van der Waals surface area contributed by atoms with E-state index in [9.17, 15) is 4.79 Å². The first kappa shape index (κ1) is 18.2. The molecule has 1 aromatic heterocycles. The molecule has 138 valence electrons. The van der Waals surface area contributed by atoms with Crippen molar-refractivity contribution in [2.75, 3.05) is 24.4 Å². The molecule has 0 spiro atoms. The van der Waals surface area contributed by atoms with E-state index < -0.39 is 5.97 Å². The van der Waals surface area contributed by atoms with E-state index in [2.05, 4.69) is 20.6 Å². The number of carbonyl (C=O) groups excluding carboxylic acids is 1. The maximum Gasteiger partial charge on any atom is 0.337 e. The van der Waals surface area contributed by atoms with Crippen molar-refractivity contribution in [2.24, 2.45) is 0 Å². The first-order valence-corrected chi connectivity index (χ1v) is 8.46. The van der Waals surface area contributed by atoms with Crippen molar-refractivity contribution in [1.29, 1.82) is 0 Å². The first-order valence-electron chi connectivity index (χ1n) is 8.46. The van der Waals surface area contributed by atoms with Gasteiger partial charge in [-0.25, -0.2) is 14.8 Å². The molecular formula is C20H20N4O3. The molecule has 7 nitrogen and oxygen atoms in total. The third kappa shape index (κ3) is 4.72. The molecule has 7 heteroatoms. The van der Waals surface area contributed by atoms with Crippen molar-refractivity contribution >= 4 is 29.0 Å². The molecule has 0 fully saturated rings. The van der Waals surface area contributed by atoms with Crippen molar-refractivity contribution < 1.29 is 14.3 Å². The van der Waals surface area contributed by atoms with Gasteiger partial charge in [-0.05, 0) is 37.3 Å². The van der Waals surface area contributed by atoms with E-state index in [-0.39, 0.29) is 0 Å². The fourth-order valence-electron chi connectivity index (χ4n) is 2.47. The summed E-state index contributed by atoms with van der Waals surface area (Å²) in [5.74, 6) is 1.56. The highest BCUT2D eigenvalue weighted by Gasteiger charge is 2.08. The summed E-state index contributed by atoms with van der Waals surface area (Å²) in [6, 6.07) is 16.4. The van der Waals surface area contributed by atoms with Crippen LogP contribution in [0, 0.1) is 0 Å². The molecule has 0 amide bonds. The molecular weight excluding hydrogens is 344 g/mol. The third-order valence-electron chi connectivity index (χ3n) is 3.67. The summed E-state index contributed by atoms with van der Waals surface area (Å²) < 4.78 is 10.4. The van der Waals surface area contributed by atoms with Crippen LogP contribution in [-0.2, 0) is 4.74 Å². The molecule has 2 aromatic carbocycles. The molecule has 27 heavy (non-hydrogen) atoms. The van der Waals surface area contributed by atoms with Gasteiger partial charge in [-0.3, -0.25) is 0 Å². The largest absolute Gasteiger partial charge is 0.492 e. The van der Waals surface area contributed by atoms with Crippen LogP contribution in [0.1, 0.15) is 17.3 Å². The molecule has 3 aromatic rings. The van der Waals surface area contributed by atoms with Gasteiger partial charge in [-0.2, -0.15) is 0 Å². The Kier molecular flexibility index (Phi) is 5.84. The smallest absolute Gasteiger partial charge is 0.337 e. The van der Waals surface area contributed by atoms with Crippen LogP contribution in [0.2, 0.25) is 0 Å². The zero-order valence-corrected chi connectivity index (χ0v) is 15.1. The van der Waals surface area contributed by atoms with E-state index in [4.69, 9.17) is 9.47 Å². The molecule has 1 heterocycles. The standard InChI is InChI=1S/C20H20N4O3/c1-3-27-17-10-5-4-9-16(17)24-19-12-18(21-13-22-19)23-15-8-6-7-14(11-15)20(25)26-2/h4-13H,3H2,1-2H3,(H2,21,22,23,24). The number of anilines is 4. The van der Waals surface area contributed by atoms with Gasteiger partial charge in [0.15, 0.2) is 0 Å². The van der Waals surface area contributed by atoms with Crippen LogP contribution in [0.5, 0.6) is 5.75 Å². The van der Waals surface area contributed by atoms with E-state index >= 15 is 0 Å². The molecule has 0 radical (unpaired) electrons. The Morgan fingerprint density at radius 3 is 2.56 bits per heavy atom. The number of methoxy groups -OCH3 is 1. The topological polar surface area (TPSA) is 85.4 Å². The van der Waals surface area contributed by atoms with Crippen LogP contribution >= 0.6 is 0 Å².